The van der Waals surface area contributed by atoms with E-state index in [1.54, 1.807) is 4.31 Å². The molecule has 1 aromatic carbocycles. The van der Waals surface area contributed by atoms with Gasteiger partial charge in [0.2, 0.25) is 0 Å². The average molecular weight is 361 g/mol. The van der Waals surface area contributed by atoms with E-state index in [1.165, 1.54) is 5.56 Å². The second-order valence-corrected chi connectivity index (χ2v) is 7.52. The molecule has 0 saturated carbocycles. The van der Waals surface area contributed by atoms with Crippen molar-refractivity contribution < 1.29 is 8.42 Å². The first-order valence-electron chi connectivity index (χ1n) is 7.04. The molecule has 2 rings (SSSR count). The van der Waals surface area contributed by atoms with E-state index >= 15 is 0 Å². The third-order valence-corrected chi connectivity index (χ3v) is 5.42. The Kier molecular flexibility index (Phi) is 5.86. The molecule has 1 heterocycles. The molecule has 20 heavy (non-hydrogen) atoms. The summed E-state index contributed by atoms with van der Waals surface area (Å²) in [6, 6.07) is 7.57. The van der Waals surface area contributed by atoms with Crippen LogP contribution in [0.4, 0.5) is 5.69 Å². The molecule has 0 bridgehead atoms. The first-order chi connectivity index (χ1) is 9.62. The minimum Gasteiger partial charge on any atom is -0.271 e. The molecule has 1 saturated heterocycles. The van der Waals surface area contributed by atoms with E-state index < -0.39 is 10.2 Å². The molecule has 1 fully saturated rings. The average Bonchev–Trinajstić information content (AvgIpc) is 2.70. The lowest BCUT2D eigenvalue weighted by Crippen LogP contribution is -2.36. The monoisotopic (exact) mass is 360 g/mol. The predicted molar refractivity (Wildman–Crippen MR) is 86.5 cm³/mol. The van der Waals surface area contributed by atoms with Gasteiger partial charge in [0.1, 0.15) is 0 Å². The Hall–Kier alpha value is -0.590. The molecule has 0 atom stereocenters. The number of benzene rings is 1. The predicted octanol–water partition coefficient (Wildman–Crippen LogP) is 3.16. The Morgan fingerprint density at radius 1 is 1.05 bits per heavy atom. The van der Waals surface area contributed by atoms with Gasteiger partial charge >= 0.3 is 10.2 Å². The Bertz CT molecular complexity index is 508. The van der Waals surface area contributed by atoms with Crippen molar-refractivity contribution >= 4 is 31.8 Å². The number of aryl methyl sites for hydroxylation is 1. The number of rotatable bonds is 5. The number of nitrogens with one attached hydrogen (secondary N) is 1. The maximum absolute atomic E-state index is 12.3. The molecular weight excluding hydrogens is 340 g/mol. The maximum Gasteiger partial charge on any atom is 0.301 e. The topological polar surface area (TPSA) is 49.4 Å². The molecule has 0 aliphatic carbocycles. The molecule has 0 amide bonds. The molecule has 6 heteroatoms. The number of halogens is 1. The van der Waals surface area contributed by atoms with Gasteiger partial charge in [0.25, 0.3) is 0 Å². The smallest absolute Gasteiger partial charge is 0.271 e. The lowest BCUT2D eigenvalue weighted by atomic mass is 10.2. The van der Waals surface area contributed by atoms with E-state index in [-0.39, 0.29) is 0 Å². The van der Waals surface area contributed by atoms with Crippen molar-refractivity contribution in [1.29, 1.82) is 0 Å². The van der Waals surface area contributed by atoms with Crippen LogP contribution in [-0.2, 0) is 16.6 Å². The van der Waals surface area contributed by atoms with Gasteiger partial charge in [0.05, 0.1) is 0 Å². The number of nitrogens with zero attached hydrogens (tertiary/aromatic N) is 1. The van der Waals surface area contributed by atoms with Crippen LogP contribution in [-0.4, -0.2) is 31.1 Å². The zero-order valence-electron chi connectivity index (χ0n) is 11.5. The number of hydrogen-bond donors (Lipinski definition) is 1. The summed E-state index contributed by atoms with van der Waals surface area (Å²) in [6.45, 7) is 1.24. The SMILES string of the molecule is O=S(=O)(Nc1ccc(CCBr)cc1)N1CCCCCC1. The van der Waals surface area contributed by atoms with Gasteiger partial charge in [-0.2, -0.15) is 12.7 Å². The van der Waals surface area contributed by atoms with Crippen molar-refractivity contribution in [3.8, 4) is 0 Å². The Balaban J connectivity index is 2.03. The van der Waals surface area contributed by atoms with Gasteiger partial charge < -0.3 is 0 Å². The third-order valence-electron chi connectivity index (χ3n) is 3.49. The highest BCUT2D eigenvalue weighted by molar-refractivity contribution is 9.09. The zero-order chi connectivity index (χ0) is 14.4. The lowest BCUT2D eigenvalue weighted by molar-refractivity contribution is 0.427. The van der Waals surface area contributed by atoms with E-state index in [1.807, 2.05) is 24.3 Å². The number of anilines is 1. The second kappa shape index (κ2) is 7.43. The molecule has 0 unspecified atom stereocenters. The summed E-state index contributed by atoms with van der Waals surface area (Å²) >= 11 is 3.39. The molecule has 1 aromatic rings. The van der Waals surface area contributed by atoms with E-state index in [9.17, 15) is 8.42 Å². The highest BCUT2D eigenvalue weighted by Crippen LogP contribution is 2.17. The first-order valence-corrected chi connectivity index (χ1v) is 9.61. The fourth-order valence-corrected chi connectivity index (χ4v) is 4.10. The molecule has 1 aliphatic heterocycles. The quantitative estimate of drug-likeness (QED) is 0.819. The summed E-state index contributed by atoms with van der Waals surface area (Å²) in [5.41, 5.74) is 1.83. The Morgan fingerprint density at radius 2 is 1.65 bits per heavy atom. The summed E-state index contributed by atoms with van der Waals surface area (Å²) < 4.78 is 28.9. The van der Waals surface area contributed by atoms with Crippen molar-refractivity contribution in [1.82, 2.24) is 4.31 Å². The summed E-state index contributed by atoms with van der Waals surface area (Å²) in [5, 5.41) is 0.909. The Morgan fingerprint density at radius 3 is 2.20 bits per heavy atom. The van der Waals surface area contributed by atoms with Crippen molar-refractivity contribution in [2.24, 2.45) is 0 Å². The van der Waals surface area contributed by atoms with Crippen LogP contribution in [0, 0.1) is 0 Å². The van der Waals surface area contributed by atoms with Crippen LogP contribution in [0.25, 0.3) is 0 Å². The maximum atomic E-state index is 12.3. The van der Waals surface area contributed by atoms with Crippen LogP contribution in [0.2, 0.25) is 0 Å². The standard InChI is InChI=1S/C14H21BrN2O2S/c15-10-9-13-5-7-14(8-6-13)16-20(18,19)17-11-3-1-2-4-12-17/h5-8,16H,1-4,9-12H2. The molecule has 0 spiro atoms. The molecule has 1 N–H and O–H groups in total. The minimum atomic E-state index is -3.41. The fourth-order valence-electron chi connectivity index (χ4n) is 2.34. The highest BCUT2D eigenvalue weighted by atomic mass is 79.9. The highest BCUT2D eigenvalue weighted by Gasteiger charge is 2.22. The molecule has 112 valence electrons. The normalized spacial score (nSPS) is 17.6. The second-order valence-electron chi connectivity index (χ2n) is 5.06. The molecule has 1 aliphatic rings. The lowest BCUT2D eigenvalue weighted by Gasteiger charge is -2.20. The van der Waals surface area contributed by atoms with E-state index in [0.29, 0.717) is 18.8 Å². The summed E-state index contributed by atoms with van der Waals surface area (Å²) in [6.07, 6.45) is 5.08. The Labute approximate surface area is 129 Å². The molecule has 0 aromatic heterocycles. The van der Waals surface area contributed by atoms with Gasteiger partial charge in [-0.1, -0.05) is 40.9 Å². The first kappa shape index (κ1) is 15.8. The van der Waals surface area contributed by atoms with Crippen LogP contribution in [0.5, 0.6) is 0 Å². The molecule has 0 radical (unpaired) electrons. The van der Waals surface area contributed by atoms with Crippen LogP contribution in [0.1, 0.15) is 31.2 Å². The fraction of sp³-hybridized carbons (Fsp3) is 0.571. The third kappa shape index (κ3) is 4.46. The summed E-state index contributed by atoms with van der Waals surface area (Å²) in [5.74, 6) is 0. The van der Waals surface area contributed by atoms with Gasteiger partial charge in [-0.3, -0.25) is 4.72 Å². The molecular formula is C14H21BrN2O2S. The van der Waals surface area contributed by atoms with Crippen LogP contribution in [0.15, 0.2) is 24.3 Å². The zero-order valence-corrected chi connectivity index (χ0v) is 13.9. The largest absolute Gasteiger partial charge is 0.301 e. The van der Waals surface area contributed by atoms with E-state index in [4.69, 9.17) is 0 Å². The van der Waals surface area contributed by atoms with Crippen molar-refractivity contribution in [3.05, 3.63) is 29.8 Å². The van der Waals surface area contributed by atoms with Gasteiger partial charge in [-0.05, 0) is 37.0 Å². The van der Waals surface area contributed by atoms with E-state index in [0.717, 1.165) is 37.4 Å². The number of alkyl halides is 1. The van der Waals surface area contributed by atoms with Gasteiger partial charge in [-0.25, -0.2) is 0 Å². The van der Waals surface area contributed by atoms with Gasteiger partial charge in [0, 0.05) is 24.1 Å². The summed E-state index contributed by atoms with van der Waals surface area (Å²) in [4.78, 5) is 0. The van der Waals surface area contributed by atoms with Crippen molar-refractivity contribution in [3.63, 3.8) is 0 Å². The summed E-state index contributed by atoms with van der Waals surface area (Å²) in [7, 11) is -3.41. The van der Waals surface area contributed by atoms with Crippen LogP contribution < -0.4 is 4.72 Å². The molecule has 4 nitrogen and oxygen atoms in total. The van der Waals surface area contributed by atoms with Crippen LogP contribution in [0.3, 0.4) is 0 Å². The number of hydrogen-bond acceptors (Lipinski definition) is 2. The van der Waals surface area contributed by atoms with Crippen molar-refractivity contribution in [2.45, 2.75) is 32.1 Å². The van der Waals surface area contributed by atoms with Crippen molar-refractivity contribution in [2.75, 3.05) is 23.1 Å². The van der Waals surface area contributed by atoms with E-state index in [2.05, 4.69) is 20.7 Å². The van der Waals surface area contributed by atoms with Gasteiger partial charge in [-0.15, -0.1) is 0 Å². The van der Waals surface area contributed by atoms with Crippen LogP contribution >= 0.6 is 15.9 Å². The minimum absolute atomic E-state index is 0.622. The van der Waals surface area contributed by atoms with Gasteiger partial charge in [0.15, 0.2) is 0 Å².